The number of nitro groups is 1. The Balaban J connectivity index is 2.91. The van der Waals surface area contributed by atoms with Gasteiger partial charge in [-0.05, 0) is 12.1 Å². The normalized spacial score (nSPS) is 10.7. The zero-order valence-electron chi connectivity index (χ0n) is 8.66. The molecule has 0 aromatic heterocycles. The molecule has 5 heteroatoms. The molecule has 1 aromatic rings. The van der Waals surface area contributed by atoms with Crippen LogP contribution in [0.5, 0.6) is 0 Å². The Labute approximate surface area is 97.0 Å². The predicted octanol–water partition coefficient (Wildman–Crippen LogP) is 2.86. The summed E-state index contributed by atoms with van der Waals surface area (Å²) < 4.78 is 0.725. The maximum Gasteiger partial charge on any atom is 0.275 e. The van der Waals surface area contributed by atoms with Crippen molar-refractivity contribution in [2.45, 2.75) is 26.4 Å². The first kappa shape index (κ1) is 12.1. The third kappa shape index (κ3) is 3.60. The zero-order chi connectivity index (χ0) is 11.4. The number of nitro benzene ring substituents is 1. The number of hydrogen-bond acceptors (Lipinski definition) is 3. The number of nitrogens with one attached hydrogen (secondary N) is 1. The first-order valence-electron chi connectivity index (χ1n) is 4.67. The first-order chi connectivity index (χ1) is 7.00. The first-order valence-corrected chi connectivity index (χ1v) is 5.46. The lowest BCUT2D eigenvalue weighted by Crippen LogP contribution is -2.22. The van der Waals surface area contributed by atoms with Gasteiger partial charge in [-0.15, -0.1) is 0 Å². The lowest BCUT2D eigenvalue weighted by atomic mass is 10.1. The standard InChI is InChI=1S/C10H13BrN2O2/c1-7(2)12-6-8-3-4-9(11)5-10(8)13(14)15/h3-5,7,12H,6H2,1-2H3. The van der Waals surface area contributed by atoms with Crippen molar-refractivity contribution in [3.63, 3.8) is 0 Å². The molecule has 0 saturated carbocycles. The number of benzene rings is 1. The van der Waals surface area contributed by atoms with Gasteiger partial charge in [-0.25, -0.2) is 0 Å². The van der Waals surface area contributed by atoms with Crippen molar-refractivity contribution in [3.8, 4) is 0 Å². The van der Waals surface area contributed by atoms with E-state index in [1.54, 1.807) is 6.07 Å². The molecule has 0 aliphatic rings. The summed E-state index contributed by atoms with van der Waals surface area (Å²) in [5.74, 6) is 0. The van der Waals surface area contributed by atoms with Crippen LogP contribution in [0.25, 0.3) is 0 Å². The highest BCUT2D eigenvalue weighted by Crippen LogP contribution is 2.23. The molecular weight excluding hydrogens is 260 g/mol. The lowest BCUT2D eigenvalue weighted by molar-refractivity contribution is -0.385. The van der Waals surface area contributed by atoms with Crippen molar-refractivity contribution < 1.29 is 4.92 Å². The summed E-state index contributed by atoms with van der Waals surface area (Å²) in [4.78, 5) is 10.4. The van der Waals surface area contributed by atoms with Gasteiger partial charge >= 0.3 is 0 Å². The van der Waals surface area contributed by atoms with Gasteiger partial charge in [-0.1, -0.05) is 29.8 Å². The van der Waals surface area contributed by atoms with Gasteiger partial charge in [0.25, 0.3) is 5.69 Å². The van der Waals surface area contributed by atoms with Crippen LogP contribution in [-0.2, 0) is 6.54 Å². The van der Waals surface area contributed by atoms with Gasteiger partial charge in [0.2, 0.25) is 0 Å². The van der Waals surface area contributed by atoms with E-state index in [1.165, 1.54) is 6.07 Å². The summed E-state index contributed by atoms with van der Waals surface area (Å²) in [6.45, 7) is 4.52. The van der Waals surface area contributed by atoms with Crippen molar-refractivity contribution in [1.29, 1.82) is 0 Å². The summed E-state index contributed by atoms with van der Waals surface area (Å²) in [5, 5.41) is 13.9. The average molecular weight is 273 g/mol. The summed E-state index contributed by atoms with van der Waals surface area (Å²) in [7, 11) is 0. The molecule has 0 atom stereocenters. The summed E-state index contributed by atoms with van der Waals surface area (Å²) >= 11 is 3.22. The highest BCUT2D eigenvalue weighted by Gasteiger charge is 2.13. The molecule has 1 N–H and O–H groups in total. The van der Waals surface area contributed by atoms with Crippen LogP contribution in [0.1, 0.15) is 19.4 Å². The minimum Gasteiger partial charge on any atom is -0.310 e. The molecule has 82 valence electrons. The fourth-order valence-electron chi connectivity index (χ4n) is 1.17. The molecule has 0 radical (unpaired) electrons. The van der Waals surface area contributed by atoms with Crippen LogP contribution in [0, 0.1) is 10.1 Å². The van der Waals surface area contributed by atoms with Crippen molar-refractivity contribution >= 4 is 21.6 Å². The van der Waals surface area contributed by atoms with Crippen molar-refractivity contribution in [1.82, 2.24) is 5.32 Å². The molecule has 4 nitrogen and oxygen atoms in total. The second-order valence-electron chi connectivity index (χ2n) is 3.57. The predicted molar refractivity (Wildman–Crippen MR) is 62.8 cm³/mol. The molecule has 0 spiro atoms. The largest absolute Gasteiger partial charge is 0.310 e. The van der Waals surface area contributed by atoms with E-state index in [2.05, 4.69) is 21.2 Å². The summed E-state index contributed by atoms with van der Waals surface area (Å²) in [5.41, 5.74) is 0.856. The van der Waals surface area contributed by atoms with Gasteiger partial charge in [-0.3, -0.25) is 10.1 Å². The molecule has 0 fully saturated rings. The fraction of sp³-hybridized carbons (Fsp3) is 0.400. The Morgan fingerprint density at radius 2 is 2.20 bits per heavy atom. The zero-order valence-corrected chi connectivity index (χ0v) is 10.2. The van der Waals surface area contributed by atoms with Gasteiger partial charge in [0, 0.05) is 28.7 Å². The minimum atomic E-state index is -0.359. The molecule has 1 rings (SSSR count). The molecule has 0 aliphatic carbocycles. The Morgan fingerprint density at radius 3 is 2.73 bits per heavy atom. The Hall–Kier alpha value is -0.940. The third-order valence-corrected chi connectivity index (χ3v) is 2.44. The quantitative estimate of drug-likeness (QED) is 0.678. The smallest absolute Gasteiger partial charge is 0.275 e. The molecule has 0 bridgehead atoms. The average Bonchev–Trinajstić information content (AvgIpc) is 2.15. The van der Waals surface area contributed by atoms with Crippen LogP contribution in [0.15, 0.2) is 22.7 Å². The molecular formula is C10H13BrN2O2. The summed E-state index contributed by atoms with van der Waals surface area (Å²) in [6.07, 6.45) is 0. The van der Waals surface area contributed by atoms with E-state index in [4.69, 9.17) is 0 Å². The van der Waals surface area contributed by atoms with E-state index in [0.29, 0.717) is 18.2 Å². The van der Waals surface area contributed by atoms with E-state index in [0.717, 1.165) is 4.47 Å². The maximum absolute atomic E-state index is 10.8. The Morgan fingerprint density at radius 1 is 1.53 bits per heavy atom. The highest BCUT2D eigenvalue weighted by atomic mass is 79.9. The lowest BCUT2D eigenvalue weighted by Gasteiger charge is -2.08. The SMILES string of the molecule is CC(C)NCc1ccc(Br)cc1[N+](=O)[O-]. The number of hydrogen-bond donors (Lipinski definition) is 1. The van der Waals surface area contributed by atoms with Gasteiger partial charge in [0.15, 0.2) is 0 Å². The van der Waals surface area contributed by atoms with E-state index < -0.39 is 0 Å². The van der Waals surface area contributed by atoms with Gasteiger partial charge in [0.1, 0.15) is 0 Å². The molecule has 0 saturated heterocycles. The Kier molecular flexibility index (Phi) is 4.23. The van der Waals surface area contributed by atoms with Crippen LogP contribution in [-0.4, -0.2) is 11.0 Å². The van der Waals surface area contributed by atoms with E-state index >= 15 is 0 Å². The number of halogens is 1. The van der Waals surface area contributed by atoms with Crippen molar-refractivity contribution in [3.05, 3.63) is 38.3 Å². The van der Waals surface area contributed by atoms with Crippen molar-refractivity contribution in [2.24, 2.45) is 0 Å². The maximum atomic E-state index is 10.8. The van der Waals surface area contributed by atoms with Crippen LogP contribution < -0.4 is 5.32 Å². The molecule has 0 aliphatic heterocycles. The molecule has 15 heavy (non-hydrogen) atoms. The second-order valence-corrected chi connectivity index (χ2v) is 4.48. The molecule has 0 heterocycles. The van der Waals surface area contributed by atoms with Gasteiger partial charge in [-0.2, -0.15) is 0 Å². The second kappa shape index (κ2) is 5.23. The van der Waals surface area contributed by atoms with E-state index in [9.17, 15) is 10.1 Å². The Bertz CT molecular complexity index is 366. The van der Waals surface area contributed by atoms with E-state index in [-0.39, 0.29) is 10.6 Å². The number of rotatable bonds is 4. The van der Waals surface area contributed by atoms with Gasteiger partial charge in [0.05, 0.1) is 4.92 Å². The fourth-order valence-corrected chi connectivity index (χ4v) is 1.52. The third-order valence-electron chi connectivity index (χ3n) is 1.94. The van der Waals surface area contributed by atoms with Crippen LogP contribution in [0.2, 0.25) is 0 Å². The van der Waals surface area contributed by atoms with Crippen LogP contribution in [0.3, 0.4) is 0 Å². The monoisotopic (exact) mass is 272 g/mol. The molecule has 0 amide bonds. The van der Waals surface area contributed by atoms with Crippen LogP contribution in [0.4, 0.5) is 5.69 Å². The molecule has 0 unspecified atom stereocenters. The highest BCUT2D eigenvalue weighted by molar-refractivity contribution is 9.10. The van der Waals surface area contributed by atoms with Crippen molar-refractivity contribution in [2.75, 3.05) is 0 Å². The van der Waals surface area contributed by atoms with Crippen LogP contribution >= 0.6 is 15.9 Å². The topological polar surface area (TPSA) is 55.2 Å². The van der Waals surface area contributed by atoms with Gasteiger partial charge < -0.3 is 5.32 Å². The summed E-state index contributed by atoms with van der Waals surface area (Å²) in [6, 6.07) is 5.41. The number of nitrogens with zero attached hydrogens (tertiary/aromatic N) is 1. The van der Waals surface area contributed by atoms with E-state index in [1.807, 2.05) is 19.9 Å². The minimum absolute atomic E-state index is 0.150. The molecule has 1 aromatic carbocycles.